The summed E-state index contributed by atoms with van der Waals surface area (Å²) >= 11 is 0. The number of rotatable bonds is 2. The van der Waals surface area contributed by atoms with Gasteiger partial charge in [0.25, 0.3) is 0 Å². The minimum atomic E-state index is -1.19. The van der Waals surface area contributed by atoms with Crippen LogP contribution < -0.4 is 4.90 Å². The number of nitriles is 1. The van der Waals surface area contributed by atoms with Crippen LogP contribution in [0.1, 0.15) is 40.7 Å². The molecule has 5 nitrogen and oxygen atoms in total. The molecule has 0 aromatic heterocycles. The molecule has 2 amide bonds. The highest BCUT2D eigenvalue weighted by Crippen LogP contribution is 2.64. The van der Waals surface area contributed by atoms with Crippen LogP contribution in [-0.4, -0.2) is 17.6 Å². The number of Topliss-reactive ketones (excluding diaryl/α,β-unsaturated/α-hetero) is 1. The first-order valence-corrected chi connectivity index (χ1v) is 10.6. The molecular formula is C27H18N2O3. The zero-order chi connectivity index (χ0) is 22.2. The van der Waals surface area contributed by atoms with Gasteiger partial charge in [0.1, 0.15) is 5.78 Å². The molecule has 0 unspecified atom stereocenters. The average Bonchev–Trinajstić information content (AvgIpc) is 3.09. The maximum absolute atomic E-state index is 13.9. The fourth-order valence-corrected chi connectivity index (χ4v) is 6.31. The van der Waals surface area contributed by atoms with Crippen LogP contribution >= 0.6 is 0 Å². The smallest absolute Gasteiger partial charge is 0.239 e. The summed E-state index contributed by atoms with van der Waals surface area (Å²) in [6.07, 6.45) is 0. The molecule has 4 aliphatic rings. The molecule has 2 bridgehead atoms. The Morgan fingerprint density at radius 2 is 1.44 bits per heavy atom. The van der Waals surface area contributed by atoms with Crippen molar-refractivity contribution < 1.29 is 14.4 Å². The lowest BCUT2D eigenvalue weighted by Crippen LogP contribution is -2.57. The Morgan fingerprint density at radius 3 is 1.97 bits per heavy atom. The maximum atomic E-state index is 13.9. The molecule has 3 aliphatic carbocycles. The Kier molecular flexibility index (Phi) is 3.65. The number of hydrogen-bond acceptors (Lipinski definition) is 4. The molecule has 5 heteroatoms. The standard InChI is InChI=1S/C27H18N2O3/c1-15(30)27-20-8-4-2-6-18(20)22(19-7-3-5-9-21(19)27)23-24(27)26(32)29(25(23)31)17-12-10-16(14-28)11-13-17/h2-13,22-24H,1H3/t22?,23-,24+,27?/m0/s1. The van der Waals surface area contributed by atoms with Gasteiger partial charge < -0.3 is 0 Å². The largest absolute Gasteiger partial charge is 0.299 e. The fraction of sp³-hybridized carbons (Fsp3) is 0.185. The van der Waals surface area contributed by atoms with Crippen molar-refractivity contribution in [2.45, 2.75) is 18.3 Å². The van der Waals surface area contributed by atoms with Gasteiger partial charge in [0.15, 0.2) is 0 Å². The van der Waals surface area contributed by atoms with E-state index >= 15 is 0 Å². The highest BCUT2D eigenvalue weighted by Gasteiger charge is 2.69. The van der Waals surface area contributed by atoms with Crippen LogP contribution in [0.15, 0.2) is 72.8 Å². The van der Waals surface area contributed by atoms with E-state index in [1.165, 1.54) is 11.8 Å². The number of anilines is 1. The summed E-state index contributed by atoms with van der Waals surface area (Å²) in [6, 6.07) is 23.9. The number of imide groups is 1. The van der Waals surface area contributed by atoms with Crippen LogP contribution in [0.25, 0.3) is 0 Å². The molecule has 3 aromatic carbocycles. The van der Waals surface area contributed by atoms with Gasteiger partial charge in [-0.2, -0.15) is 5.26 Å². The highest BCUT2D eigenvalue weighted by molar-refractivity contribution is 6.25. The van der Waals surface area contributed by atoms with Crippen molar-refractivity contribution in [3.63, 3.8) is 0 Å². The van der Waals surface area contributed by atoms with E-state index in [9.17, 15) is 14.4 Å². The van der Waals surface area contributed by atoms with E-state index in [2.05, 4.69) is 6.07 Å². The first-order chi connectivity index (χ1) is 15.5. The average molecular weight is 418 g/mol. The van der Waals surface area contributed by atoms with Crippen molar-refractivity contribution >= 4 is 23.3 Å². The summed E-state index contributed by atoms with van der Waals surface area (Å²) in [5, 5.41) is 9.10. The first kappa shape index (κ1) is 18.7. The second-order valence-corrected chi connectivity index (χ2v) is 8.69. The van der Waals surface area contributed by atoms with E-state index in [-0.39, 0.29) is 23.5 Å². The van der Waals surface area contributed by atoms with Gasteiger partial charge in [-0.1, -0.05) is 48.5 Å². The van der Waals surface area contributed by atoms with Crippen LogP contribution in [0.4, 0.5) is 5.69 Å². The van der Waals surface area contributed by atoms with Gasteiger partial charge in [-0.15, -0.1) is 0 Å². The van der Waals surface area contributed by atoms with Gasteiger partial charge in [-0.25, -0.2) is 4.90 Å². The summed E-state index contributed by atoms with van der Waals surface area (Å²) in [5.41, 5.74) is 3.25. The van der Waals surface area contributed by atoms with E-state index in [0.29, 0.717) is 11.3 Å². The molecule has 1 aliphatic heterocycles. The van der Waals surface area contributed by atoms with Gasteiger partial charge in [-0.05, 0) is 53.4 Å². The van der Waals surface area contributed by atoms with Gasteiger partial charge >= 0.3 is 0 Å². The number of benzene rings is 3. The summed E-state index contributed by atoms with van der Waals surface area (Å²) in [7, 11) is 0. The number of ketones is 1. The van der Waals surface area contributed by atoms with E-state index < -0.39 is 17.3 Å². The van der Waals surface area contributed by atoms with Gasteiger partial charge in [0.2, 0.25) is 11.8 Å². The minimum absolute atomic E-state index is 0.131. The second kappa shape index (κ2) is 6.24. The minimum Gasteiger partial charge on any atom is -0.299 e. The topological polar surface area (TPSA) is 78.2 Å². The Morgan fingerprint density at radius 1 is 0.875 bits per heavy atom. The monoisotopic (exact) mass is 418 g/mol. The summed E-state index contributed by atoms with van der Waals surface area (Å²) in [4.78, 5) is 42.4. The summed E-state index contributed by atoms with van der Waals surface area (Å²) < 4.78 is 0. The quantitative estimate of drug-likeness (QED) is 0.595. The highest BCUT2D eigenvalue weighted by atomic mass is 16.2. The van der Waals surface area contributed by atoms with E-state index in [1.54, 1.807) is 24.3 Å². The molecule has 0 radical (unpaired) electrons. The SMILES string of the molecule is CC(=O)C12c3ccccc3C(c3ccccc31)[C@@H]1C(=O)N(c3ccc(C#N)cc3)C(=O)[C@@H]12. The third-order valence-electron chi connectivity index (χ3n) is 7.43. The Balaban J connectivity index is 1.64. The Hall–Kier alpha value is -4.04. The van der Waals surface area contributed by atoms with Crippen molar-refractivity contribution in [2.24, 2.45) is 11.8 Å². The van der Waals surface area contributed by atoms with E-state index in [1.807, 2.05) is 48.5 Å². The molecule has 1 heterocycles. The molecule has 32 heavy (non-hydrogen) atoms. The van der Waals surface area contributed by atoms with Crippen LogP contribution in [0.2, 0.25) is 0 Å². The molecule has 3 aromatic rings. The molecule has 1 saturated heterocycles. The molecule has 2 atom stereocenters. The normalized spacial score (nSPS) is 26.9. The predicted molar refractivity (Wildman–Crippen MR) is 117 cm³/mol. The number of hydrogen-bond donors (Lipinski definition) is 0. The van der Waals surface area contributed by atoms with Gasteiger partial charge in [0, 0.05) is 5.92 Å². The maximum Gasteiger partial charge on any atom is 0.239 e. The number of carbonyl (C=O) groups is 3. The van der Waals surface area contributed by atoms with Gasteiger partial charge in [-0.3, -0.25) is 14.4 Å². The zero-order valence-electron chi connectivity index (χ0n) is 17.3. The van der Waals surface area contributed by atoms with Crippen molar-refractivity contribution in [1.29, 1.82) is 5.26 Å². The van der Waals surface area contributed by atoms with E-state index in [4.69, 9.17) is 5.26 Å². The van der Waals surface area contributed by atoms with Crippen LogP contribution in [0, 0.1) is 23.2 Å². The van der Waals surface area contributed by atoms with Crippen LogP contribution in [-0.2, 0) is 19.8 Å². The lowest BCUT2D eigenvalue weighted by molar-refractivity contribution is -0.132. The Labute approximate surface area is 184 Å². The molecular weight excluding hydrogens is 400 g/mol. The van der Waals surface area contributed by atoms with Crippen LogP contribution in [0.5, 0.6) is 0 Å². The van der Waals surface area contributed by atoms with Gasteiger partial charge in [0.05, 0.1) is 34.6 Å². The molecule has 0 N–H and O–H groups in total. The predicted octanol–water partition coefficient (Wildman–Crippen LogP) is 3.70. The number of nitrogens with zero attached hydrogens (tertiary/aromatic N) is 2. The van der Waals surface area contributed by atoms with E-state index in [0.717, 1.165) is 22.3 Å². The summed E-state index contributed by atoms with van der Waals surface area (Å²) in [6.45, 7) is 1.53. The first-order valence-electron chi connectivity index (χ1n) is 10.6. The molecule has 1 fully saturated rings. The lowest BCUT2D eigenvalue weighted by atomic mass is 9.46. The summed E-state index contributed by atoms with van der Waals surface area (Å²) in [5.74, 6) is -2.50. The molecule has 0 spiro atoms. The number of carbonyl (C=O) groups excluding carboxylic acids is 3. The third-order valence-corrected chi connectivity index (χ3v) is 7.43. The molecule has 7 rings (SSSR count). The van der Waals surface area contributed by atoms with Crippen molar-refractivity contribution in [3.05, 3.63) is 101 Å². The Bertz CT molecular complexity index is 1340. The lowest BCUT2D eigenvalue weighted by Gasteiger charge is -2.52. The van der Waals surface area contributed by atoms with Crippen LogP contribution in [0.3, 0.4) is 0 Å². The molecule has 154 valence electrons. The molecule has 0 saturated carbocycles. The van der Waals surface area contributed by atoms with Crippen molar-refractivity contribution in [3.8, 4) is 6.07 Å². The van der Waals surface area contributed by atoms with Crippen molar-refractivity contribution in [2.75, 3.05) is 4.90 Å². The second-order valence-electron chi connectivity index (χ2n) is 8.69. The fourth-order valence-electron chi connectivity index (χ4n) is 6.31. The third kappa shape index (κ3) is 2.00. The van der Waals surface area contributed by atoms with Crippen molar-refractivity contribution in [1.82, 2.24) is 0 Å². The zero-order valence-corrected chi connectivity index (χ0v) is 17.3. The number of amides is 2.